The Balaban J connectivity index is 1.08. The Kier molecular flexibility index (Phi) is 12.5. The maximum Gasteiger partial charge on any atom is 0.472 e. The largest absolute Gasteiger partial charge is 0.472 e. The highest BCUT2D eigenvalue weighted by atomic mass is 32.7. The number of aromatic amines is 1. The van der Waals surface area contributed by atoms with Crippen molar-refractivity contribution in [1.82, 2.24) is 29.1 Å². The van der Waals surface area contributed by atoms with Crippen molar-refractivity contribution < 1.29 is 68.3 Å². The van der Waals surface area contributed by atoms with Gasteiger partial charge in [-0.1, -0.05) is 12.1 Å². The fourth-order valence-corrected chi connectivity index (χ4v) is 12.0. The summed E-state index contributed by atoms with van der Waals surface area (Å²) in [7, 11) is -9.45. The summed E-state index contributed by atoms with van der Waals surface area (Å²) in [6.45, 7) is -5.49. The normalized spacial score (nSPS) is 30.2. The number of rotatable bonds is 9. The van der Waals surface area contributed by atoms with Gasteiger partial charge in [0.25, 0.3) is 15.6 Å². The van der Waals surface area contributed by atoms with Gasteiger partial charge >= 0.3 is 26.3 Å². The number of nitrogen functional groups attached to an aromatic ring is 1. The number of carbonyl (C=O) groups is 1. The van der Waals surface area contributed by atoms with Gasteiger partial charge in [0.2, 0.25) is 0 Å². The number of nitrogens with two attached hydrogens (primary N) is 1. The standard InChI is InChI=1S/C34H34F2N8O15P2S2/c1-17(45)55-20-6-4-19(5-7-20)42-63(51,52)21-8-2-18(3-9-21)14-62-61(50)54-13-23-28(26(36)32(57-23)44-16-40-27-30(37)38-15-39-31(27)44)58-60(48,49)53-12-22-25(35)29(59-61)33(56-22)43-11-10-24(46)41-34(43)47/h2-11,15-16,22-23,25-26,28-29,32-33,42H,12-14H2,1H3,(H,48,49)(H2,37,38,39)(H,41,46,47)/t22-,23-,25-,26-,28-,29-,32-,33-,61?/m1/s1. The summed E-state index contributed by atoms with van der Waals surface area (Å²) in [4.78, 5) is 60.5. The third kappa shape index (κ3) is 9.63. The van der Waals surface area contributed by atoms with Crippen LogP contribution in [0.2, 0.25) is 0 Å². The number of phosphoric ester groups is 1. The lowest BCUT2D eigenvalue weighted by Crippen LogP contribution is -2.37. The van der Waals surface area contributed by atoms with E-state index in [1.54, 1.807) is 0 Å². The van der Waals surface area contributed by atoms with Gasteiger partial charge in [0, 0.05) is 30.6 Å². The van der Waals surface area contributed by atoms with Crippen molar-refractivity contribution >= 4 is 64.7 Å². The topological polar surface area (TPSA) is 307 Å². The second-order valence-corrected chi connectivity index (χ2v) is 21.0. The number of aromatic nitrogens is 6. The summed E-state index contributed by atoms with van der Waals surface area (Å²) >= 11 is 0.482. The molecule has 5 N–H and O–H groups in total. The van der Waals surface area contributed by atoms with Crippen LogP contribution in [0.25, 0.3) is 11.2 Å². The number of anilines is 2. The fourth-order valence-electron chi connectivity index (χ4n) is 6.68. The summed E-state index contributed by atoms with van der Waals surface area (Å²) in [5, 5.41) is 0. The summed E-state index contributed by atoms with van der Waals surface area (Å²) in [6.07, 6.45) is -12.3. The number of fused-ring (bicyclic) bond motifs is 4. The highest BCUT2D eigenvalue weighted by molar-refractivity contribution is 8.54. The molecule has 0 radical (unpaired) electrons. The van der Waals surface area contributed by atoms with Gasteiger partial charge in [0.1, 0.15) is 42.0 Å². The van der Waals surface area contributed by atoms with Gasteiger partial charge in [-0.05, 0) is 53.3 Å². The number of hydrogen-bond donors (Lipinski definition) is 4. The number of nitrogens with one attached hydrogen (secondary N) is 2. The third-order valence-corrected chi connectivity index (χ3v) is 15.7. The van der Waals surface area contributed by atoms with Crippen LogP contribution < -0.4 is 26.4 Å². The zero-order valence-electron chi connectivity index (χ0n) is 32.1. The predicted molar refractivity (Wildman–Crippen MR) is 214 cm³/mol. The first kappa shape index (κ1) is 44.7. The van der Waals surface area contributed by atoms with Crippen molar-refractivity contribution in [2.24, 2.45) is 0 Å². The minimum absolute atomic E-state index is 0.0219. The molecule has 23 nitrogen and oxygen atoms in total. The Morgan fingerprint density at radius 3 is 2.38 bits per heavy atom. The van der Waals surface area contributed by atoms with Gasteiger partial charge in [0.15, 0.2) is 36.3 Å². The molecule has 336 valence electrons. The first-order valence-corrected chi connectivity index (χ1v) is 24.5. The van der Waals surface area contributed by atoms with E-state index in [1.807, 2.05) is 4.98 Å². The van der Waals surface area contributed by atoms with Crippen LogP contribution >= 0.6 is 26.0 Å². The van der Waals surface area contributed by atoms with Crippen molar-refractivity contribution in [2.45, 2.75) is 66.8 Å². The molecular formula is C34H34F2N8O15P2S2. The molecule has 0 saturated carbocycles. The van der Waals surface area contributed by atoms with Gasteiger partial charge < -0.3 is 24.8 Å². The number of esters is 1. The number of phosphoric acid groups is 1. The molecule has 10 atom stereocenters. The van der Waals surface area contributed by atoms with E-state index in [-0.39, 0.29) is 39.1 Å². The van der Waals surface area contributed by atoms with Crippen molar-refractivity contribution in [3.8, 4) is 5.75 Å². The molecule has 2 bridgehead atoms. The zero-order valence-corrected chi connectivity index (χ0v) is 35.5. The Morgan fingerprint density at radius 1 is 0.952 bits per heavy atom. The Labute approximate surface area is 357 Å². The number of H-pyrrole nitrogens is 1. The number of imidazole rings is 1. The maximum atomic E-state index is 16.4. The SMILES string of the molecule is CC(=O)Oc1ccc(NS(=O)(=O)c2ccc(CSP3(=O)OC[C@H]4O[C@@H](n5cnc6c(N)ncnc65)[C@H](F)[C@@H]4OP(=O)(O)OC[C@H]4O[C@@H](n5ccc(=O)[nH]c5=O)[C@H](O3)[C@@H]4F)cc2)cc1. The summed E-state index contributed by atoms with van der Waals surface area (Å²) in [5.74, 6) is -0.648. The molecule has 6 heterocycles. The molecule has 29 heteroatoms. The molecule has 3 saturated heterocycles. The lowest BCUT2D eigenvalue weighted by Gasteiger charge is -2.27. The van der Waals surface area contributed by atoms with Crippen LogP contribution in [0.15, 0.2) is 87.9 Å². The monoisotopic (exact) mass is 958 g/mol. The number of sulfonamides is 1. The second-order valence-electron chi connectivity index (χ2n) is 13.9. The quantitative estimate of drug-likeness (QED) is 0.0937. The van der Waals surface area contributed by atoms with Gasteiger partial charge in [-0.15, -0.1) is 0 Å². The number of hydrogen-bond acceptors (Lipinski definition) is 19. The molecule has 0 spiro atoms. The van der Waals surface area contributed by atoms with E-state index in [9.17, 15) is 36.8 Å². The van der Waals surface area contributed by atoms with Crippen LogP contribution in [0.4, 0.5) is 20.3 Å². The predicted octanol–water partition coefficient (Wildman–Crippen LogP) is 3.11. The molecule has 3 aromatic heterocycles. The Bertz CT molecular complexity index is 2860. The first-order chi connectivity index (χ1) is 29.9. The fraction of sp³-hybridized carbons (Fsp3) is 0.353. The van der Waals surface area contributed by atoms with Crippen LogP contribution in [-0.2, 0) is 57.3 Å². The molecule has 3 aliphatic rings. The van der Waals surface area contributed by atoms with E-state index < -0.39 is 104 Å². The molecule has 2 unspecified atom stereocenters. The van der Waals surface area contributed by atoms with Crippen molar-refractivity contribution in [1.29, 1.82) is 0 Å². The lowest BCUT2D eigenvalue weighted by molar-refractivity contribution is -0.131. The molecule has 3 fully saturated rings. The summed E-state index contributed by atoms with van der Waals surface area (Å²) in [5.41, 5.74) is 4.62. The van der Waals surface area contributed by atoms with Crippen molar-refractivity contribution in [2.75, 3.05) is 23.7 Å². The summed E-state index contributed by atoms with van der Waals surface area (Å²) in [6, 6.07) is 11.8. The van der Waals surface area contributed by atoms with E-state index in [1.165, 1.54) is 55.5 Å². The van der Waals surface area contributed by atoms with E-state index in [0.717, 1.165) is 34.1 Å². The Hall–Kier alpha value is -4.92. The molecular weight excluding hydrogens is 924 g/mol. The molecule has 8 rings (SSSR count). The van der Waals surface area contributed by atoms with Gasteiger partial charge in [-0.25, -0.2) is 46.1 Å². The maximum absolute atomic E-state index is 16.4. The first-order valence-electron chi connectivity index (χ1n) is 18.4. The summed E-state index contributed by atoms with van der Waals surface area (Å²) < 4.78 is 130. The highest BCUT2D eigenvalue weighted by Gasteiger charge is 2.55. The molecule has 0 amide bonds. The second kappa shape index (κ2) is 17.6. The number of nitrogens with zero attached hydrogens (tertiary/aromatic N) is 5. The lowest BCUT2D eigenvalue weighted by atomic mass is 10.1. The van der Waals surface area contributed by atoms with E-state index in [0.29, 0.717) is 16.9 Å². The van der Waals surface area contributed by atoms with Crippen LogP contribution in [0.3, 0.4) is 0 Å². The molecule has 0 aliphatic carbocycles. The van der Waals surface area contributed by atoms with Crippen LogP contribution in [0, 0.1) is 0 Å². The average molecular weight is 959 g/mol. The van der Waals surface area contributed by atoms with E-state index >= 15 is 8.78 Å². The molecule has 63 heavy (non-hydrogen) atoms. The zero-order chi connectivity index (χ0) is 44.8. The minimum atomic E-state index is -5.30. The molecule has 3 aliphatic heterocycles. The average Bonchev–Trinajstić information content (AvgIpc) is 3.89. The van der Waals surface area contributed by atoms with E-state index in [4.69, 9.17) is 38.0 Å². The van der Waals surface area contributed by atoms with Crippen molar-refractivity contribution in [3.63, 3.8) is 0 Å². The van der Waals surface area contributed by atoms with E-state index in [2.05, 4.69) is 19.7 Å². The van der Waals surface area contributed by atoms with Crippen LogP contribution in [-0.4, -0.2) is 98.3 Å². The number of alkyl halides is 2. The van der Waals surface area contributed by atoms with Gasteiger partial charge in [-0.2, -0.15) is 0 Å². The highest BCUT2D eigenvalue weighted by Crippen LogP contribution is 2.65. The van der Waals surface area contributed by atoms with Crippen LogP contribution in [0.1, 0.15) is 24.9 Å². The van der Waals surface area contributed by atoms with Gasteiger partial charge in [0.05, 0.1) is 24.4 Å². The number of ether oxygens (including phenoxy) is 3. The molecule has 2 aromatic carbocycles. The van der Waals surface area contributed by atoms with Gasteiger partial charge in [-0.3, -0.25) is 46.5 Å². The van der Waals surface area contributed by atoms with Crippen molar-refractivity contribution in [3.05, 3.63) is 99.9 Å². The molecule has 5 aromatic rings. The number of halogens is 2. The Morgan fingerprint density at radius 2 is 1.67 bits per heavy atom. The van der Waals surface area contributed by atoms with Crippen LogP contribution in [0.5, 0.6) is 5.75 Å². The minimum Gasteiger partial charge on any atom is -0.427 e. The number of benzene rings is 2. The smallest absolute Gasteiger partial charge is 0.427 e. The third-order valence-electron chi connectivity index (χ3n) is 9.61. The number of carbonyl (C=O) groups excluding carboxylic acids is 1.